The van der Waals surface area contributed by atoms with Crippen LogP contribution in [0.2, 0.25) is 0 Å². The van der Waals surface area contributed by atoms with Gasteiger partial charge in [-0.05, 0) is 18.1 Å². The molecule has 1 fully saturated rings. The van der Waals surface area contributed by atoms with Crippen molar-refractivity contribution >= 4 is 25.3 Å². The van der Waals surface area contributed by atoms with E-state index in [1.165, 1.54) is 16.8 Å². The number of benzene rings is 1. The van der Waals surface area contributed by atoms with Crippen LogP contribution in [0.1, 0.15) is 5.56 Å². The minimum Gasteiger partial charge on any atom is -0.467 e. The summed E-state index contributed by atoms with van der Waals surface area (Å²) in [5.74, 6) is -1.31. The highest BCUT2D eigenvalue weighted by atomic mass is 31.2. The molecule has 1 aliphatic rings. The quantitative estimate of drug-likeness (QED) is 0.280. The number of hydrogen-bond acceptors (Lipinski definition) is 11. The van der Waals surface area contributed by atoms with Crippen molar-refractivity contribution in [3.8, 4) is 0 Å². The Labute approximate surface area is 201 Å². The van der Waals surface area contributed by atoms with Crippen LogP contribution in [0, 0.1) is 0 Å². The van der Waals surface area contributed by atoms with Gasteiger partial charge < -0.3 is 35.3 Å². The highest BCUT2D eigenvalue weighted by molar-refractivity contribution is 7.53. The Kier molecular flexibility index (Phi) is 9.13. The summed E-state index contributed by atoms with van der Waals surface area (Å²) in [4.78, 5) is 40.1. The van der Waals surface area contributed by atoms with E-state index in [4.69, 9.17) is 30.0 Å². The van der Waals surface area contributed by atoms with Gasteiger partial charge in [0.05, 0.1) is 32.9 Å². The summed E-state index contributed by atoms with van der Waals surface area (Å²) >= 11 is 0. The van der Waals surface area contributed by atoms with Crippen LogP contribution < -0.4 is 22.5 Å². The SMILES string of the molecule is COC(=O)C(COP1(=O)CO[C@H](Cn2ccc(N)nc2=O)CO1)NC(=O)C(N)Cc1ccccc1. The predicted molar refractivity (Wildman–Crippen MR) is 124 cm³/mol. The fourth-order valence-electron chi connectivity index (χ4n) is 3.20. The highest BCUT2D eigenvalue weighted by Gasteiger charge is 2.36. The van der Waals surface area contributed by atoms with Crippen LogP contribution in [0.3, 0.4) is 0 Å². The Morgan fingerprint density at radius 3 is 2.69 bits per heavy atom. The number of nitrogens with one attached hydrogen (secondary N) is 1. The smallest absolute Gasteiger partial charge is 0.356 e. The molecule has 1 aromatic carbocycles. The van der Waals surface area contributed by atoms with Crippen LogP contribution in [0.4, 0.5) is 5.82 Å². The fourth-order valence-corrected chi connectivity index (χ4v) is 4.58. The lowest BCUT2D eigenvalue weighted by atomic mass is 10.1. The third-order valence-corrected chi connectivity index (χ3v) is 6.65. The van der Waals surface area contributed by atoms with Gasteiger partial charge in [-0.15, -0.1) is 0 Å². The molecule has 1 aliphatic heterocycles. The number of rotatable bonds is 10. The van der Waals surface area contributed by atoms with Gasteiger partial charge in [0, 0.05) is 6.20 Å². The van der Waals surface area contributed by atoms with Crippen molar-refractivity contribution in [1.82, 2.24) is 14.9 Å². The van der Waals surface area contributed by atoms with E-state index in [1.807, 2.05) is 30.3 Å². The maximum absolute atomic E-state index is 12.9. The number of nitrogen functional groups attached to an aromatic ring is 1. The normalized spacial score (nSPS) is 21.6. The number of hydrogen-bond donors (Lipinski definition) is 3. The summed E-state index contributed by atoms with van der Waals surface area (Å²) in [6.45, 7) is -0.513. The maximum atomic E-state index is 12.9. The lowest BCUT2D eigenvalue weighted by Crippen LogP contribution is -2.51. The monoisotopic (exact) mass is 509 g/mol. The number of methoxy groups -OCH3 is 1. The molecule has 0 radical (unpaired) electrons. The van der Waals surface area contributed by atoms with E-state index in [0.717, 1.165) is 12.7 Å². The van der Waals surface area contributed by atoms with Gasteiger partial charge in [0.2, 0.25) is 5.91 Å². The van der Waals surface area contributed by atoms with Gasteiger partial charge >= 0.3 is 19.3 Å². The zero-order valence-corrected chi connectivity index (χ0v) is 20.0. The van der Waals surface area contributed by atoms with E-state index in [0.29, 0.717) is 0 Å². The van der Waals surface area contributed by atoms with E-state index >= 15 is 0 Å². The minimum atomic E-state index is -3.74. The second kappa shape index (κ2) is 12.0. The minimum absolute atomic E-state index is 0.0956. The molecule has 4 atom stereocenters. The van der Waals surface area contributed by atoms with Crippen molar-refractivity contribution in [3.05, 3.63) is 58.6 Å². The molecule has 2 heterocycles. The molecule has 1 amide bonds. The van der Waals surface area contributed by atoms with Crippen molar-refractivity contribution < 1.29 is 32.7 Å². The van der Waals surface area contributed by atoms with Gasteiger partial charge in [0.25, 0.3) is 0 Å². The van der Waals surface area contributed by atoms with Gasteiger partial charge in [-0.3, -0.25) is 13.9 Å². The van der Waals surface area contributed by atoms with Gasteiger partial charge in [-0.2, -0.15) is 4.98 Å². The number of amides is 1. The molecule has 0 bridgehead atoms. The molecule has 13 nitrogen and oxygen atoms in total. The van der Waals surface area contributed by atoms with Crippen LogP contribution in [-0.4, -0.2) is 66.3 Å². The number of anilines is 1. The van der Waals surface area contributed by atoms with Crippen LogP contribution in [0.25, 0.3) is 0 Å². The summed E-state index contributed by atoms with van der Waals surface area (Å²) in [7, 11) is -2.59. The molecule has 3 rings (SSSR count). The molecule has 190 valence electrons. The Morgan fingerprint density at radius 1 is 1.31 bits per heavy atom. The Balaban J connectivity index is 1.52. The topological polar surface area (TPSA) is 187 Å². The second-order valence-corrected chi connectivity index (χ2v) is 9.78. The number of nitrogens with zero attached hydrogens (tertiary/aromatic N) is 2. The summed E-state index contributed by atoms with van der Waals surface area (Å²) in [6, 6.07) is 8.42. The van der Waals surface area contributed by atoms with Crippen LogP contribution in [0.15, 0.2) is 47.4 Å². The number of nitrogens with two attached hydrogens (primary N) is 2. The van der Waals surface area contributed by atoms with Crippen LogP contribution in [0.5, 0.6) is 0 Å². The molecule has 0 aliphatic carbocycles. The molecule has 1 saturated heterocycles. The van der Waals surface area contributed by atoms with Crippen molar-refractivity contribution in [2.45, 2.75) is 31.2 Å². The summed E-state index contributed by atoms with van der Waals surface area (Å²) in [5.41, 5.74) is 11.7. The summed E-state index contributed by atoms with van der Waals surface area (Å²) < 4.78 is 35.1. The molecular formula is C21H28N5O8P. The molecule has 14 heteroatoms. The fraction of sp³-hybridized carbons (Fsp3) is 0.429. The molecule has 2 aromatic rings. The van der Waals surface area contributed by atoms with Crippen molar-refractivity contribution in [3.63, 3.8) is 0 Å². The number of esters is 1. The van der Waals surface area contributed by atoms with Gasteiger partial charge in [0.15, 0.2) is 6.04 Å². The van der Waals surface area contributed by atoms with E-state index in [1.54, 1.807) is 0 Å². The molecule has 35 heavy (non-hydrogen) atoms. The van der Waals surface area contributed by atoms with E-state index in [2.05, 4.69) is 10.3 Å². The van der Waals surface area contributed by atoms with Crippen LogP contribution >= 0.6 is 7.60 Å². The number of carbonyl (C=O) groups excluding carboxylic acids is 2. The maximum Gasteiger partial charge on any atom is 0.356 e. The lowest BCUT2D eigenvalue weighted by Gasteiger charge is -2.30. The standard InChI is InChI=1S/C21H28N5O8P/c1-31-20(28)17(24-19(27)16(22)9-14-5-3-2-4-6-14)12-34-35(30)13-32-15(11-33-35)10-26-8-7-18(23)25-21(26)29/h2-8,15-17H,9-13,22H2,1H3,(H,24,27)(H2,23,25,29)/t15-,16?,17?,35?/m1/s1. The Hall–Kier alpha value is -3.09. The molecular weight excluding hydrogens is 481 g/mol. The Bertz CT molecular complexity index is 1120. The third-order valence-electron chi connectivity index (χ3n) is 5.10. The van der Waals surface area contributed by atoms with E-state index in [9.17, 15) is 18.9 Å². The zero-order chi connectivity index (χ0) is 25.4. The summed E-state index contributed by atoms with van der Waals surface area (Å²) in [6.07, 6.45) is 0.718. The largest absolute Gasteiger partial charge is 0.467 e. The molecule has 0 saturated carbocycles. The number of carbonyl (C=O) groups is 2. The average Bonchev–Trinajstić information content (AvgIpc) is 2.85. The van der Waals surface area contributed by atoms with Crippen molar-refractivity contribution in [2.24, 2.45) is 5.73 Å². The van der Waals surface area contributed by atoms with Crippen molar-refractivity contribution in [2.75, 3.05) is 32.4 Å². The molecule has 3 unspecified atom stereocenters. The number of aromatic nitrogens is 2. The predicted octanol–water partition coefficient (Wildman–Crippen LogP) is -0.364. The van der Waals surface area contributed by atoms with E-state index < -0.39 is 56.3 Å². The Morgan fingerprint density at radius 2 is 2.06 bits per heavy atom. The van der Waals surface area contributed by atoms with Gasteiger partial charge in [0.1, 0.15) is 18.3 Å². The van der Waals surface area contributed by atoms with Gasteiger partial charge in [-0.25, -0.2) is 9.59 Å². The lowest BCUT2D eigenvalue weighted by molar-refractivity contribution is -0.146. The molecule has 1 aromatic heterocycles. The van der Waals surface area contributed by atoms with E-state index in [-0.39, 0.29) is 25.4 Å². The first-order valence-corrected chi connectivity index (χ1v) is 12.4. The third kappa shape index (κ3) is 7.70. The average molecular weight is 509 g/mol. The first-order chi connectivity index (χ1) is 16.7. The molecule has 5 N–H and O–H groups in total. The first kappa shape index (κ1) is 26.5. The molecule has 0 spiro atoms. The number of ether oxygens (including phenoxy) is 2. The zero-order valence-electron chi connectivity index (χ0n) is 19.1. The first-order valence-electron chi connectivity index (χ1n) is 10.7. The van der Waals surface area contributed by atoms with Crippen molar-refractivity contribution in [1.29, 1.82) is 0 Å². The highest BCUT2D eigenvalue weighted by Crippen LogP contribution is 2.51. The summed E-state index contributed by atoms with van der Waals surface area (Å²) in [5, 5.41) is 2.46. The second-order valence-electron chi connectivity index (χ2n) is 7.79. The van der Waals surface area contributed by atoms with Gasteiger partial charge in [-0.1, -0.05) is 30.3 Å². The van der Waals surface area contributed by atoms with Crippen LogP contribution in [-0.2, 0) is 45.6 Å².